The lowest BCUT2D eigenvalue weighted by Crippen LogP contribution is -2.71. The Morgan fingerprint density at radius 2 is 0.952 bits per heavy atom. The molecule has 1 aliphatic carbocycles. The first-order valence-electron chi connectivity index (χ1n) is 19.3. The standard InChI is InChI=1S/C34H56N4O24/c1-8(42)35-11(32(56)60-30-25(53)23(51)22(50)24(52)26(30)54)4-15(45)38-31-16(36-9(2)43)19(47)28(13(6-40)57-31)61-33-17(37-10(3)44)20(48)29(14(7-41)59-33)62-34-27(55)21(49)18(46)12(5-39)58-34/h11-14,16-31,33-34,39-41,46-55H,4-7H2,1-3H3,(H,35,42)(H,36,43)(H,37,44)(H,38,45)/t11-,12+,13+,14+,16+,17+,18+,19+,20+,21-,22?,23?,24?,25?,26?,27-,28+,29+,30?,31?,33-,34-/m0/s1. The highest BCUT2D eigenvalue weighted by molar-refractivity contribution is 5.89. The van der Waals surface area contributed by atoms with Gasteiger partial charge in [0.1, 0.15) is 110 Å². The molecule has 0 aromatic heterocycles. The first-order chi connectivity index (χ1) is 29.1. The number of amides is 4. The molecule has 62 heavy (non-hydrogen) atoms. The fourth-order valence-electron chi connectivity index (χ4n) is 7.41. The van der Waals surface area contributed by atoms with Crippen LogP contribution in [0.15, 0.2) is 0 Å². The number of ether oxygens (including phenoxy) is 6. The monoisotopic (exact) mass is 904 g/mol. The molecule has 3 heterocycles. The molecule has 3 saturated heterocycles. The van der Waals surface area contributed by atoms with Gasteiger partial charge in [0, 0.05) is 20.8 Å². The van der Waals surface area contributed by atoms with Crippen molar-refractivity contribution in [3.8, 4) is 0 Å². The minimum absolute atomic E-state index is 0.792. The molecule has 28 nitrogen and oxygen atoms in total. The Morgan fingerprint density at radius 3 is 1.47 bits per heavy atom. The van der Waals surface area contributed by atoms with Crippen LogP contribution in [0.25, 0.3) is 0 Å². The summed E-state index contributed by atoms with van der Waals surface area (Å²) < 4.78 is 33.6. The lowest BCUT2D eigenvalue weighted by molar-refractivity contribution is -0.358. The Kier molecular flexibility index (Phi) is 18.2. The smallest absolute Gasteiger partial charge is 0.329 e. The quantitative estimate of drug-likeness (QED) is 0.0678. The number of rotatable bonds is 15. The van der Waals surface area contributed by atoms with Crippen molar-refractivity contribution in [3.63, 3.8) is 0 Å². The molecule has 1 saturated carbocycles. The number of aliphatic hydroxyl groups excluding tert-OH is 13. The van der Waals surface area contributed by atoms with E-state index in [4.69, 9.17) is 28.4 Å². The summed E-state index contributed by atoms with van der Waals surface area (Å²) in [6.07, 6.45) is -36.6. The van der Waals surface area contributed by atoms with E-state index in [-0.39, 0.29) is 0 Å². The summed E-state index contributed by atoms with van der Waals surface area (Å²) in [6.45, 7) is 0.214. The predicted octanol–water partition coefficient (Wildman–Crippen LogP) is -11.5. The molecule has 20 atom stereocenters. The molecule has 356 valence electrons. The number of aliphatic hydroxyl groups is 13. The summed E-state index contributed by atoms with van der Waals surface area (Å²) >= 11 is 0. The highest BCUT2D eigenvalue weighted by atomic mass is 16.7. The second kappa shape index (κ2) is 22.0. The lowest BCUT2D eigenvalue weighted by atomic mass is 9.85. The summed E-state index contributed by atoms with van der Waals surface area (Å²) in [6, 6.07) is -5.22. The molecule has 28 heteroatoms. The number of hydrogen-bond acceptors (Lipinski definition) is 24. The maximum atomic E-state index is 13.4. The Labute approximate surface area is 351 Å². The van der Waals surface area contributed by atoms with Crippen LogP contribution in [-0.4, -0.2) is 250 Å². The van der Waals surface area contributed by atoms with Crippen LogP contribution in [0.5, 0.6) is 0 Å². The number of nitrogens with one attached hydrogen (secondary N) is 4. The van der Waals surface area contributed by atoms with Crippen LogP contribution in [0.4, 0.5) is 0 Å². The van der Waals surface area contributed by atoms with Crippen LogP contribution in [0.3, 0.4) is 0 Å². The first-order valence-corrected chi connectivity index (χ1v) is 19.3. The number of hydrogen-bond donors (Lipinski definition) is 17. The van der Waals surface area contributed by atoms with E-state index in [1.807, 2.05) is 0 Å². The molecule has 4 aliphatic rings. The fourth-order valence-corrected chi connectivity index (χ4v) is 7.41. The van der Waals surface area contributed by atoms with Crippen molar-refractivity contribution in [2.75, 3.05) is 19.8 Å². The van der Waals surface area contributed by atoms with E-state index >= 15 is 0 Å². The van der Waals surface area contributed by atoms with Crippen molar-refractivity contribution in [2.45, 2.75) is 162 Å². The van der Waals surface area contributed by atoms with E-state index in [9.17, 15) is 90.4 Å². The average molecular weight is 905 g/mol. The van der Waals surface area contributed by atoms with Crippen LogP contribution in [-0.2, 0) is 52.4 Å². The van der Waals surface area contributed by atoms with E-state index in [1.165, 1.54) is 0 Å². The van der Waals surface area contributed by atoms with Gasteiger partial charge >= 0.3 is 5.97 Å². The van der Waals surface area contributed by atoms with Gasteiger partial charge in [0.05, 0.1) is 26.2 Å². The van der Waals surface area contributed by atoms with E-state index in [0.717, 1.165) is 20.8 Å². The molecule has 0 aromatic rings. The van der Waals surface area contributed by atoms with Crippen LogP contribution < -0.4 is 21.3 Å². The molecule has 5 unspecified atom stereocenters. The first kappa shape index (κ1) is 51.3. The van der Waals surface area contributed by atoms with Gasteiger partial charge in [-0.15, -0.1) is 0 Å². The van der Waals surface area contributed by atoms with E-state index in [0.29, 0.717) is 0 Å². The van der Waals surface area contributed by atoms with Crippen LogP contribution in [0.1, 0.15) is 27.2 Å². The van der Waals surface area contributed by atoms with Crippen molar-refractivity contribution in [3.05, 3.63) is 0 Å². The van der Waals surface area contributed by atoms with Crippen molar-refractivity contribution in [2.24, 2.45) is 0 Å². The minimum atomic E-state index is -2.13. The zero-order valence-electron chi connectivity index (χ0n) is 33.3. The lowest BCUT2D eigenvalue weighted by Gasteiger charge is -2.49. The van der Waals surface area contributed by atoms with Gasteiger partial charge in [0.15, 0.2) is 24.9 Å². The Hall–Kier alpha value is -3.37. The molecule has 4 amide bonds. The molecule has 0 aromatic carbocycles. The highest BCUT2D eigenvalue weighted by Gasteiger charge is 2.55. The van der Waals surface area contributed by atoms with E-state index in [1.54, 1.807) is 0 Å². The van der Waals surface area contributed by atoms with Crippen molar-refractivity contribution in [1.29, 1.82) is 0 Å². The predicted molar refractivity (Wildman–Crippen MR) is 193 cm³/mol. The van der Waals surface area contributed by atoms with Crippen molar-refractivity contribution < 1.29 is 119 Å². The normalized spacial score (nSPS) is 42.8. The van der Waals surface area contributed by atoms with Crippen LogP contribution in [0.2, 0.25) is 0 Å². The summed E-state index contributed by atoms with van der Waals surface area (Å²) in [4.78, 5) is 63.2. The van der Waals surface area contributed by atoms with Gasteiger partial charge in [-0.05, 0) is 0 Å². The van der Waals surface area contributed by atoms with Gasteiger partial charge in [-0.2, -0.15) is 0 Å². The largest absolute Gasteiger partial charge is 0.455 e. The van der Waals surface area contributed by atoms with E-state index in [2.05, 4.69) is 21.3 Å². The second-order valence-electron chi connectivity index (χ2n) is 15.2. The SMILES string of the molecule is CC(=O)N[C@H]1[C@H](O[C@H]2[C@H](O)[C@@H](NC(C)=O)C(NC(=O)C[C@H](NC(C)=O)C(=O)OC3C(O)C(O)C(O)C(O)C3O)O[C@@H]2CO)O[C@H](CO)[C@@H](O[C@@H]2O[C@H](CO)[C@@H](O)[C@H](O)[C@@H]2O)[C@@H]1O. The average Bonchev–Trinajstić information content (AvgIpc) is 3.21. The van der Waals surface area contributed by atoms with Gasteiger partial charge in [-0.3, -0.25) is 19.2 Å². The Balaban J connectivity index is 1.53. The van der Waals surface area contributed by atoms with Crippen molar-refractivity contribution >= 4 is 29.6 Å². The maximum absolute atomic E-state index is 13.4. The second-order valence-corrected chi connectivity index (χ2v) is 15.2. The highest BCUT2D eigenvalue weighted by Crippen LogP contribution is 2.33. The molecule has 3 aliphatic heterocycles. The minimum Gasteiger partial charge on any atom is -0.455 e. The third-order valence-electron chi connectivity index (χ3n) is 10.6. The molecule has 0 radical (unpaired) electrons. The molecule has 17 N–H and O–H groups in total. The number of carbonyl (C=O) groups excluding carboxylic acids is 5. The van der Waals surface area contributed by atoms with Gasteiger partial charge < -0.3 is 116 Å². The molecule has 4 fully saturated rings. The summed E-state index contributed by atoms with van der Waals surface area (Å²) in [5.41, 5.74) is 0. The zero-order chi connectivity index (χ0) is 46.5. The van der Waals surface area contributed by atoms with Gasteiger partial charge in [0.2, 0.25) is 23.6 Å². The molecular formula is C34H56N4O24. The third kappa shape index (κ3) is 11.7. The topological polar surface area (TPSA) is 452 Å². The summed E-state index contributed by atoms with van der Waals surface area (Å²) in [5, 5.41) is 144. The number of carbonyl (C=O) groups is 5. The van der Waals surface area contributed by atoms with Crippen LogP contribution in [0, 0.1) is 0 Å². The molecule has 4 rings (SSSR count). The van der Waals surface area contributed by atoms with Gasteiger partial charge in [-0.25, -0.2) is 4.79 Å². The Morgan fingerprint density at radius 1 is 0.500 bits per heavy atom. The Bertz CT molecular complexity index is 1530. The summed E-state index contributed by atoms with van der Waals surface area (Å²) in [5.74, 6) is -5.11. The van der Waals surface area contributed by atoms with Crippen molar-refractivity contribution in [1.82, 2.24) is 21.3 Å². The molecular weight excluding hydrogens is 848 g/mol. The van der Waals surface area contributed by atoms with Gasteiger partial charge in [0.25, 0.3) is 0 Å². The molecule has 0 bridgehead atoms. The zero-order valence-corrected chi connectivity index (χ0v) is 33.3. The summed E-state index contributed by atoms with van der Waals surface area (Å²) in [7, 11) is 0. The van der Waals surface area contributed by atoms with E-state index < -0.39 is 190 Å². The number of esters is 1. The van der Waals surface area contributed by atoms with Gasteiger partial charge in [-0.1, -0.05) is 0 Å². The molecule has 0 spiro atoms. The third-order valence-corrected chi connectivity index (χ3v) is 10.6. The fraction of sp³-hybridized carbons (Fsp3) is 0.853. The van der Waals surface area contributed by atoms with Crippen LogP contribution >= 0.6 is 0 Å². The maximum Gasteiger partial charge on any atom is 0.329 e.